The fourth-order valence-electron chi connectivity index (χ4n) is 3.50. The Morgan fingerprint density at radius 3 is 1.78 bits per heavy atom. The van der Waals surface area contributed by atoms with E-state index in [1.807, 2.05) is 21.1 Å². The van der Waals surface area contributed by atoms with Gasteiger partial charge >= 0.3 is 19.8 Å². The van der Waals surface area contributed by atoms with Crippen molar-refractivity contribution in [2.75, 3.05) is 47.5 Å². The van der Waals surface area contributed by atoms with E-state index in [9.17, 15) is 19.0 Å². The lowest BCUT2D eigenvalue weighted by molar-refractivity contribution is -0.870. The maximum atomic E-state index is 12.2. The van der Waals surface area contributed by atoms with Crippen molar-refractivity contribution in [3.05, 3.63) is 0 Å². The highest BCUT2D eigenvalue weighted by Crippen LogP contribution is 2.43. The smallest absolute Gasteiger partial charge is 0.462 e. The van der Waals surface area contributed by atoms with Gasteiger partial charge < -0.3 is 18.9 Å². The van der Waals surface area contributed by atoms with Gasteiger partial charge in [-0.1, -0.05) is 84.0 Å². The molecule has 0 spiro atoms. The van der Waals surface area contributed by atoms with Crippen molar-refractivity contribution in [2.45, 2.75) is 110 Å². The number of hydrogen-bond donors (Lipinski definition) is 1. The number of nitrogens with zero attached hydrogens (tertiary/aromatic N) is 1. The Kier molecular flexibility index (Phi) is 20.4. The summed E-state index contributed by atoms with van der Waals surface area (Å²) in [5.74, 6) is -0.989. The fraction of sp³-hybridized carbons (Fsp3) is 0.923. The van der Waals surface area contributed by atoms with Gasteiger partial charge in [0, 0.05) is 13.3 Å². The standard InChI is InChI=1S/C26H52NO8P/c1-6-7-8-9-10-11-12-13-14-15-16-17-18-19-26(29)35-25(22-32-24(2)28)23-34-36(30,31)33-21-20-27(3,4)5/h25H,6-23H2,1-5H3/p+1/t25-/m1/s1. The van der Waals surface area contributed by atoms with Gasteiger partial charge in [0.1, 0.15) is 19.8 Å². The van der Waals surface area contributed by atoms with Gasteiger partial charge in [-0.05, 0) is 6.42 Å². The van der Waals surface area contributed by atoms with E-state index in [1.165, 1.54) is 71.1 Å². The first kappa shape index (κ1) is 35.0. The minimum Gasteiger partial charge on any atom is -0.462 e. The van der Waals surface area contributed by atoms with Crippen LogP contribution in [-0.4, -0.2) is 74.9 Å². The number of hydrogen-bond acceptors (Lipinski definition) is 7. The van der Waals surface area contributed by atoms with Gasteiger partial charge in [0.25, 0.3) is 0 Å². The Bertz CT molecular complexity index is 624. The molecule has 10 heteroatoms. The molecule has 0 aromatic carbocycles. The van der Waals surface area contributed by atoms with Crippen LogP contribution in [0.3, 0.4) is 0 Å². The lowest BCUT2D eigenvalue weighted by Crippen LogP contribution is -2.37. The summed E-state index contributed by atoms with van der Waals surface area (Å²) >= 11 is 0. The molecule has 9 nitrogen and oxygen atoms in total. The topological polar surface area (TPSA) is 108 Å². The molecule has 0 fully saturated rings. The van der Waals surface area contributed by atoms with E-state index in [0.29, 0.717) is 17.4 Å². The molecule has 0 bridgehead atoms. The number of esters is 2. The molecule has 0 saturated heterocycles. The Labute approximate surface area is 219 Å². The average Bonchev–Trinajstić information content (AvgIpc) is 2.77. The highest BCUT2D eigenvalue weighted by atomic mass is 31.2. The van der Waals surface area contributed by atoms with Crippen LogP contribution in [0.5, 0.6) is 0 Å². The summed E-state index contributed by atoms with van der Waals surface area (Å²) in [5, 5.41) is 0. The number of phosphoric acid groups is 1. The van der Waals surface area contributed by atoms with Crippen molar-refractivity contribution in [3.63, 3.8) is 0 Å². The molecule has 1 N–H and O–H groups in total. The van der Waals surface area contributed by atoms with Gasteiger partial charge in [0.05, 0.1) is 27.7 Å². The highest BCUT2D eigenvalue weighted by molar-refractivity contribution is 7.47. The molecule has 0 radical (unpaired) electrons. The molecule has 36 heavy (non-hydrogen) atoms. The number of unbranched alkanes of at least 4 members (excludes halogenated alkanes) is 12. The molecule has 0 heterocycles. The number of carbonyl (C=O) groups excluding carboxylic acids is 2. The van der Waals surface area contributed by atoms with Crippen molar-refractivity contribution in [1.29, 1.82) is 0 Å². The molecule has 0 rings (SSSR count). The molecule has 0 aliphatic carbocycles. The van der Waals surface area contributed by atoms with Crippen LogP contribution in [0, 0.1) is 0 Å². The SMILES string of the molecule is CCCCCCCCCCCCCCCC(=O)O[C@H](COC(C)=O)COP(=O)(O)OCC[N+](C)(C)C. The summed E-state index contributed by atoms with van der Waals surface area (Å²) < 4.78 is 32.8. The van der Waals surface area contributed by atoms with Gasteiger partial charge in [-0.25, -0.2) is 4.57 Å². The van der Waals surface area contributed by atoms with Crippen molar-refractivity contribution in [2.24, 2.45) is 0 Å². The van der Waals surface area contributed by atoms with Gasteiger partial charge in [-0.3, -0.25) is 18.6 Å². The fourth-order valence-corrected chi connectivity index (χ4v) is 4.24. The molecule has 214 valence electrons. The van der Waals surface area contributed by atoms with E-state index in [-0.39, 0.29) is 19.6 Å². The molecular weight excluding hydrogens is 485 g/mol. The van der Waals surface area contributed by atoms with Crippen molar-refractivity contribution >= 4 is 19.8 Å². The number of quaternary nitrogens is 1. The normalized spacial score (nSPS) is 14.3. The van der Waals surface area contributed by atoms with Crippen LogP contribution < -0.4 is 0 Å². The van der Waals surface area contributed by atoms with E-state index in [2.05, 4.69) is 6.92 Å². The Balaban J connectivity index is 4.08. The average molecular weight is 539 g/mol. The third-order valence-corrected chi connectivity index (χ3v) is 6.68. The maximum absolute atomic E-state index is 12.2. The summed E-state index contributed by atoms with van der Waals surface area (Å²) in [6, 6.07) is 0. The second-order valence-electron chi connectivity index (χ2n) is 10.5. The third kappa shape index (κ3) is 24.7. The van der Waals surface area contributed by atoms with Gasteiger partial charge in [0.15, 0.2) is 6.10 Å². The Morgan fingerprint density at radius 2 is 1.31 bits per heavy atom. The van der Waals surface area contributed by atoms with Gasteiger partial charge in [-0.2, -0.15) is 0 Å². The molecule has 0 amide bonds. The molecule has 0 aliphatic heterocycles. The van der Waals surface area contributed by atoms with Crippen LogP contribution in [0.15, 0.2) is 0 Å². The predicted octanol–water partition coefficient (Wildman–Crippen LogP) is 5.78. The minimum absolute atomic E-state index is 0.0325. The van der Waals surface area contributed by atoms with Crippen molar-refractivity contribution < 1.29 is 42.1 Å². The van der Waals surface area contributed by atoms with E-state index < -0.39 is 32.5 Å². The molecule has 0 aromatic rings. The van der Waals surface area contributed by atoms with Crippen LogP contribution in [0.25, 0.3) is 0 Å². The number of ether oxygens (including phenoxy) is 2. The summed E-state index contributed by atoms with van der Waals surface area (Å²) in [4.78, 5) is 33.2. The van der Waals surface area contributed by atoms with Crippen LogP contribution >= 0.6 is 7.82 Å². The molecular formula is C26H53NO8P+. The summed E-state index contributed by atoms with van der Waals surface area (Å²) in [6.07, 6.45) is 15.1. The van der Waals surface area contributed by atoms with Crippen molar-refractivity contribution in [1.82, 2.24) is 0 Å². The van der Waals surface area contributed by atoms with Crippen LogP contribution in [0.1, 0.15) is 104 Å². The predicted molar refractivity (Wildman–Crippen MR) is 141 cm³/mol. The number of likely N-dealkylation sites (N-methyl/N-ethyl adjacent to an activating group) is 1. The van der Waals surface area contributed by atoms with E-state index in [4.69, 9.17) is 18.5 Å². The zero-order valence-corrected chi connectivity index (χ0v) is 24.4. The molecule has 0 aliphatic rings. The number of phosphoric ester groups is 1. The first-order chi connectivity index (χ1) is 16.9. The van der Waals surface area contributed by atoms with Crippen LogP contribution in [0.2, 0.25) is 0 Å². The van der Waals surface area contributed by atoms with Crippen LogP contribution in [-0.2, 0) is 32.7 Å². The second kappa shape index (κ2) is 21.0. The Hall–Kier alpha value is -0.990. The molecule has 2 atom stereocenters. The van der Waals surface area contributed by atoms with Gasteiger partial charge in [0.2, 0.25) is 0 Å². The summed E-state index contributed by atoms with van der Waals surface area (Å²) in [7, 11) is 1.47. The van der Waals surface area contributed by atoms with Gasteiger partial charge in [-0.15, -0.1) is 0 Å². The van der Waals surface area contributed by atoms with E-state index >= 15 is 0 Å². The lowest BCUT2D eigenvalue weighted by atomic mass is 10.0. The largest absolute Gasteiger partial charge is 0.472 e. The van der Waals surface area contributed by atoms with Crippen molar-refractivity contribution in [3.8, 4) is 0 Å². The van der Waals surface area contributed by atoms with Crippen LogP contribution in [0.4, 0.5) is 0 Å². The first-order valence-corrected chi connectivity index (χ1v) is 15.2. The quantitative estimate of drug-likeness (QED) is 0.0713. The number of carbonyl (C=O) groups is 2. The molecule has 1 unspecified atom stereocenters. The third-order valence-electron chi connectivity index (χ3n) is 5.70. The molecule has 0 aromatic heterocycles. The highest BCUT2D eigenvalue weighted by Gasteiger charge is 2.26. The summed E-state index contributed by atoms with van der Waals surface area (Å²) in [5.41, 5.74) is 0. The monoisotopic (exact) mass is 538 g/mol. The molecule has 0 saturated carbocycles. The zero-order valence-electron chi connectivity index (χ0n) is 23.5. The zero-order chi connectivity index (χ0) is 27.3. The maximum Gasteiger partial charge on any atom is 0.472 e. The first-order valence-electron chi connectivity index (χ1n) is 13.7. The Morgan fingerprint density at radius 1 is 0.806 bits per heavy atom. The minimum atomic E-state index is -4.32. The lowest BCUT2D eigenvalue weighted by Gasteiger charge is -2.24. The van der Waals surface area contributed by atoms with E-state index in [1.54, 1.807) is 0 Å². The van der Waals surface area contributed by atoms with E-state index in [0.717, 1.165) is 12.8 Å². The second-order valence-corrected chi connectivity index (χ2v) is 12.0. The summed E-state index contributed by atoms with van der Waals surface area (Å²) in [6.45, 7) is 3.36. The number of rotatable bonds is 24.